The first-order valence-electron chi connectivity index (χ1n) is 15.6. The lowest BCUT2D eigenvalue weighted by Crippen LogP contribution is -2.42. The maximum absolute atomic E-state index is 13.6. The first-order chi connectivity index (χ1) is 25.9. The minimum atomic E-state index is -1.45. The number of hydrogen-bond donors (Lipinski definition) is 13. The highest BCUT2D eigenvalue weighted by molar-refractivity contribution is 14.1. The Morgan fingerprint density at radius 3 is 1.13 bits per heavy atom. The van der Waals surface area contributed by atoms with Gasteiger partial charge in [-0.05, 0) is 136 Å². The average Bonchev–Trinajstić information content (AvgIpc) is 3.15. The Morgan fingerprint density at radius 2 is 0.836 bits per heavy atom. The summed E-state index contributed by atoms with van der Waals surface area (Å²) < 4.78 is 1.35. The molecule has 0 aliphatic rings. The Bertz CT molecular complexity index is 1690. The number of hydrogen-bond acceptors (Lipinski definition) is 14. The molecule has 5 amide bonds. The minimum absolute atomic E-state index is 0.00976. The highest BCUT2D eigenvalue weighted by atomic mass is 127. The zero-order valence-electron chi connectivity index (χ0n) is 28.1. The van der Waals surface area contributed by atoms with Crippen LogP contribution in [0.3, 0.4) is 0 Å². The second kappa shape index (κ2) is 24.7. The van der Waals surface area contributed by atoms with Crippen molar-refractivity contribution in [2.45, 2.75) is 24.4 Å². The topological polar surface area (TPSA) is 311 Å². The van der Waals surface area contributed by atoms with Crippen LogP contribution in [0.1, 0.15) is 41.4 Å². The third-order valence-corrected chi connectivity index (χ3v) is 13.6. The van der Waals surface area contributed by atoms with Crippen LogP contribution in [0.15, 0.2) is 0 Å². The summed E-state index contributed by atoms with van der Waals surface area (Å²) in [6, 6.07) is 0. The second-order valence-corrected chi connectivity index (χ2v) is 17.7. The first kappa shape index (κ1) is 50.8. The summed E-state index contributed by atoms with van der Waals surface area (Å²) in [5, 5.41) is 90.3. The van der Waals surface area contributed by atoms with Crippen molar-refractivity contribution in [3.8, 4) is 0 Å². The summed E-state index contributed by atoms with van der Waals surface area (Å²) >= 11 is 10.9. The van der Waals surface area contributed by atoms with E-state index in [9.17, 15) is 59.7 Å². The molecule has 55 heavy (non-hydrogen) atoms. The summed E-state index contributed by atoms with van der Waals surface area (Å²) in [7, 11) is 0. The Labute approximate surface area is 395 Å². The standard InChI is InChI=1S/C30H36I6N6O13/c31-19-15(21(33)25(41-9-46)22(34)16(19)28(53)38-2-12(49)6-43)27(52)37-1-11(48)5-42(10-47)26-23(35)17(29(54)39-3-13(50)7-44)20(32)18(24(26)36)30(55)40-4-14(51)8-45/h10-14,41,43-46,48-51H,1-9H2,(H,37,52)(H,38,53)(H,39,54)(H,40,55). The SMILES string of the molecule is O=CN(CC(O)CNC(=O)c1c(I)c(NCO)c(I)c(C(=O)NCC(O)CO)c1I)c1c(I)c(C(=O)NCC(O)CO)c(I)c(C(=O)NCC(O)CO)c1I. The maximum Gasteiger partial charge on any atom is 0.253 e. The number of benzene rings is 2. The van der Waals surface area contributed by atoms with Crippen LogP contribution < -0.4 is 31.5 Å². The van der Waals surface area contributed by atoms with Crippen molar-refractivity contribution in [2.24, 2.45) is 0 Å². The molecule has 0 aromatic heterocycles. The number of anilines is 2. The number of rotatable bonds is 21. The van der Waals surface area contributed by atoms with Crippen molar-refractivity contribution in [1.29, 1.82) is 0 Å². The molecular formula is C30H36I6N6O13. The van der Waals surface area contributed by atoms with E-state index >= 15 is 0 Å². The number of carbonyl (C=O) groups excluding carboxylic acids is 5. The van der Waals surface area contributed by atoms with E-state index in [2.05, 4.69) is 26.6 Å². The molecule has 25 heteroatoms. The van der Waals surface area contributed by atoms with Crippen LogP contribution in [0.25, 0.3) is 0 Å². The van der Waals surface area contributed by atoms with Gasteiger partial charge in [0.2, 0.25) is 6.41 Å². The quantitative estimate of drug-likeness (QED) is 0.0392. The van der Waals surface area contributed by atoms with Crippen LogP contribution in [-0.2, 0) is 4.79 Å². The molecule has 19 nitrogen and oxygen atoms in total. The predicted molar refractivity (Wildman–Crippen MR) is 248 cm³/mol. The fraction of sp³-hybridized carbons (Fsp3) is 0.433. The molecule has 2 aromatic rings. The van der Waals surface area contributed by atoms with Gasteiger partial charge in [-0.2, -0.15) is 0 Å². The molecule has 0 spiro atoms. The molecule has 0 heterocycles. The van der Waals surface area contributed by atoms with E-state index in [4.69, 9.17) is 5.11 Å². The highest BCUT2D eigenvalue weighted by Gasteiger charge is 2.32. The normalized spacial score (nSPS) is 13.3. The maximum atomic E-state index is 13.6. The number of halogens is 6. The number of aliphatic hydroxyl groups is 8. The molecule has 0 bridgehead atoms. The number of carbonyl (C=O) groups is 5. The summed E-state index contributed by atoms with van der Waals surface area (Å²) in [6.07, 6.45) is -4.92. The molecule has 4 atom stereocenters. The van der Waals surface area contributed by atoms with Crippen LogP contribution in [-0.4, -0.2) is 155 Å². The van der Waals surface area contributed by atoms with Gasteiger partial charge < -0.3 is 72.3 Å². The van der Waals surface area contributed by atoms with E-state index in [0.29, 0.717) is 13.6 Å². The molecule has 0 fully saturated rings. The fourth-order valence-electron chi connectivity index (χ4n) is 4.47. The molecule has 0 saturated heterocycles. The van der Waals surface area contributed by atoms with Crippen molar-refractivity contribution in [3.05, 3.63) is 43.7 Å². The predicted octanol–water partition coefficient (Wildman–Crippen LogP) is -1.32. The van der Waals surface area contributed by atoms with Crippen molar-refractivity contribution >= 4 is 177 Å². The Hall–Kier alpha value is -0.350. The highest BCUT2D eigenvalue weighted by Crippen LogP contribution is 2.38. The molecule has 0 radical (unpaired) electrons. The van der Waals surface area contributed by atoms with Gasteiger partial charge in [0, 0.05) is 33.3 Å². The molecule has 0 aliphatic heterocycles. The van der Waals surface area contributed by atoms with Crippen molar-refractivity contribution in [1.82, 2.24) is 21.3 Å². The third-order valence-electron chi connectivity index (χ3n) is 7.22. The molecule has 0 aliphatic carbocycles. The van der Waals surface area contributed by atoms with Gasteiger partial charge in [-0.25, -0.2) is 0 Å². The van der Waals surface area contributed by atoms with Crippen LogP contribution in [0.4, 0.5) is 11.4 Å². The minimum Gasteiger partial charge on any atom is -0.394 e. The summed E-state index contributed by atoms with van der Waals surface area (Å²) in [5.74, 6) is -2.95. The van der Waals surface area contributed by atoms with Gasteiger partial charge in [-0.1, -0.05) is 0 Å². The Kier molecular flexibility index (Phi) is 22.8. The van der Waals surface area contributed by atoms with Crippen LogP contribution in [0.2, 0.25) is 0 Å². The van der Waals surface area contributed by atoms with Crippen LogP contribution in [0, 0.1) is 21.4 Å². The van der Waals surface area contributed by atoms with Gasteiger partial charge in [-0.3, -0.25) is 24.0 Å². The van der Waals surface area contributed by atoms with Crippen molar-refractivity contribution < 1.29 is 64.8 Å². The summed E-state index contributed by atoms with van der Waals surface area (Å²) in [6.45, 7) is -4.32. The lowest BCUT2D eigenvalue weighted by atomic mass is 10.1. The van der Waals surface area contributed by atoms with Gasteiger partial charge in [0.15, 0.2) is 0 Å². The number of nitrogens with one attached hydrogen (secondary N) is 5. The monoisotopic (exact) mass is 1450 g/mol. The number of nitrogens with zero attached hydrogens (tertiary/aromatic N) is 1. The number of aliphatic hydroxyl groups excluding tert-OH is 8. The van der Waals surface area contributed by atoms with Crippen molar-refractivity contribution in [2.75, 3.05) is 69.5 Å². The van der Waals surface area contributed by atoms with Gasteiger partial charge >= 0.3 is 0 Å². The lowest BCUT2D eigenvalue weighted by Gasteiger charge is -2.27. The molecule has 13 N–H and O–H groups in total. The smallest absolute Gasteiger partial charge is 0.253 e. The molecule has 0 saturated carbocycles. The Morgan fingerprint density at radius 1 is 0.527 bits per heavy atom. The molecule has 2 rings (SSSR count). The van der Waals surface area contributed by atoms with E-state index in [-0.39, 0.29) is 67.5 Å². The molecule has 2 aromatic carbocycles. The molecule has 4 unspecified atom stereocenters. The average molecular weight is 1450 g/mol. The van der Waals surface area contributed by atoms with Crippen molar-refractivity contribution in [3.63, 3.8) is 0 Å². The van der Waals surface area contributed by atoms with E-state index in [1.165, 1.54) is 0 Å². The van der Waals surface area contributed by atoms with E-state index in [1.807, 2.05) is 45.2 Å². The lowest BCUT2D eigenvalue weighted by molar-refractivity contribution is -0.107. The van der Waals surface area contributed by atoms with E-state index in [0.717, 1.165) is 4.90 Å². The van der Waals surface area contributed by atoms with E-state index < -0.39 is 87.7 Å². The van der Waals surface area contributed by atoms with Gasteiger partial charge in [0.1, 0.15) is 6.73 Å². The number of amides is 5. The van der Waals surface area contributed by atoms with Crippen LogP contribution >= 0.6 is 136 Å². The van der Waals surface area contributed by atoms with E-state index in [1.54, 1.807) is 90.4 Å². The summed E-state index contributed by atoms with van der Waals surface area (Å²) in [5.41, 5.74) is 0.186. The fourth-order valence-corrected chi connectivity index (χ4v) is 13.8. The zero-order chi connectivity index (χ0) is 41.7. The third kappa shape index (κ3) is 13.6. The molecular weight excluding hydrogens is 1410 g/mol. The zero-order valence-corrected chi connectivity index (χ0v) is 41.0. The Balaban J connectivity index is 2.52. The van der Waals surface area contributed by atoms with Crippen LogP contribution in [0.5, 0.6) is 0 Å². The van der Waals surface area contributed by atoms with Gasteiger partial charge in [0.05, 0.1) is 98.7 Å². The largest absolute Gasteiger partial charge is 0.394 e. The van der Waals surface area contributed by atoms with Gasteiger partial charge in [0.25, 0.3) is 23.6 Å². The summed E-state index contributed by atoms with van der Waals surface area (Å²) in [4.78, 5) is 67.2. The van der Waals surface area contributed by atoms with Gasteiger partial charge in [-0.15, -0.1) is 0 Å². The second-order valence-electron chi connectivity index (χ2n) is 11.2. The molecule has 306 valence electrons. The first-order valence-corrected chi connectivity index (χ1v) is 22.0.